The first-order valence-electron chi connectivity index (χ1n) is 11.3. The average Bonchev–Trinajstić information content (AvgIpc) is 3.20. The highest BCUT2D eigenvalue weighted by Gasteiger charge is 2.41. The molecule has 14 heteroatoms. The Balaban J connectivity index is 1.63. The van der Waals surface area contributed by atoms with E-state index < -0.39 is 27.0 Å². The number of fused-ring (bicyclic) bond motifs is 3. The van der Waals surface area contributed by atoms with Gasteiger partial charge in [-0.3, -0.25) is 8.97 Å². The van der Waals surface area contributed by atoms with Crippen molar-refractivity contribution in [2.45, 2.75) is 55.5 Å². The van der Waals surface area contributed by atoms with E-state index in [0.29, 0.717) is 35.6 Å². The van der Waals surface area contributed by atoms with E-state index >= 15 is 0 Å². The van der Waals surface area contributed by atoms with Crippen LogP contribution >= 0.6 is 11.3 Å². The molecule has 186 valence electrons. The summed E-state index contributed by atoms with van der Waals surface area (Å²) in [6, 6.07) is 3.18. The molecule has 1 aliphatic heterocycles. The van der Waals surface area contributed by atoms with Crippen LogP contribution in [-0.4, -0.2) is 57.2 Å². The minimum atomic E-state index is -3.85. The maximum atomic E-state index is 13.4. The fourth-order valence-corrected chi connectivity index (χ4v) is 6.85. The molecule has 2 aliphatic rings. The predicted octanol–water partition coefficient (Wildman–Crippen LogP) is 2.83. The number of piperidine rings is 1. The van der Waals surface area contributed by atoms with E-state index in [1.807, 2.05) is 11.3 Å². The van der Waals surface area contributed by atoms with Gasteiger partial charge in [-0.05, 0) is 44.7 Å². The highest BCUT2D eigenvalue weighted by Crippen LogP contribution is 2.39. The van der Waals surface area contributed by atoms with E-state index in [2.05, 4.69) is 24.8 Å². The summed E-state index contributed by atoms with van der Waals surface area (Å²) in [7, 11) is -3.85. The molecule has 1 saturated carbocycles. The van der Waals surface area contributed by atoms with Crippen LogP contribution in [0.25, 0.3) is 21.9 Å². The van der Waals surface area contributed by atoms with Gasteiger partial charge >= 0.3 is 0 Å². The molecule has 1 aromatic carbocycles. The zero-order valence-corrected chi connectivity index (χ0v) is 20.5. The summed E-state index contributed by atoms with van der Waals surface area (Å²) in [5, 5.41) is 7.37. The maximum Gasteiger partial charge on any atom is 0.291 e. The smallest absolute Gasteiger partial charge is 0.291 e. The maximum absolute atomic E-state index is 13.4. The van der Waals surface area contributed by atoms with E-state index in [0.717, 1.165) is 37.0 Å². The first-order chi connectivity index (χ1) is 16.7. The molecule has 3 aromatic heterocycles. The second-order valence-corrected chi connectivity index (χ2v) is 12.2. The van der Waals surface area contributed by atoms with Crippen molar-refractivity contribution in [1.29, 1.82) is 0 Å². The molecule has 1 atom stereocenters. The van der Waals surface area contributed by atoms with Crippen LogP contribution in [0.15, 0.2) is 29.4 Å². The zero-order valence-electron chi connectivity index (χ0n) is 18.9. The normalized spacial score (nSPS) is 20.4. The van der Waals surface area contributed by atoms with Crippen LogP contribution < -0.4 is 15.4 Å². The summed E-state index contributed by atoms with van der Waals surface area (Å²) in [6.07, 6.45) is 3.91. The van der Waals surface area contributed by atoms with E-state index in [1.165, 1.54) is 0 Å². The van der Waals surface area contributed by atoms with Crippen molar-refractivity contribution < 1.29 is 17.2 Å². The van der Waals surface area contributed by atoms with Gasteiger partial charge in [-0.1, -0.05) is 11.3 Å². The number of benzene rings is 1. The summed E-state index contributed by atoms with van der Waals surface area (Å²) in [6.45, 7) is 3.16. The summed E-state index contributed by atoms with van der Waals surface area (Å²) < 4.78 is 59.6. The van der Waals surface area contributed by atoms with Crippen molar-refractivity contribution in [1.82, 2.24) is 28.9 Å². The third-order valence-electron chi connectivity index (χ3n) is 6.64. The molecule has 35 heavy (non-hydrogen) atoms. The van der Waals surface area contributed by atoms with Crippen LogP contribution in [0.5, 0.6) is 0 Å². The lowest BCUT2D eigenvalue weighted by molar-refractivity contribution is 0.150. The molecular formula is C21H24F2N8O2S2. The van der Waals surface area contributed by atoms with Gasteiger partial charge < -0.3 is 10.6 Å². The van der Waals surface area contributed by atoms with Crippen LogP contribution in [-0.2, 0) is 10.0 Å². The van der Waals surface area contributed by atoms with Crippen molar-refractivity contribution in [3.63, 3.8) is 0 Å². The molecule has 4 aromatic rings. The Morgan fingerprint density at radius 2 is 2.09 bits per heavy atom. The number of anilines is 1. The number of nitrogens with one attached hydrogen (secondary N) is 1. The van der Waals surface area contributed by atoms with Gasteiger partial charge in [0.2, 0.25) is 20.9 Å². The zero-order chi connectivity index (χ0) is 24.5. The number of rotatable bonds is 6. The second kappa shape index (κ2) is 7.91. The van der Waals surface area contributed by atoms with E-state index in [9.17, 15) is 17.2 Å². The first kappa shape index (κ1) is 22.8. The van der Waals surface area contributed by atoms with Gasteiger partial charge in [0.1, 0.15) is 0 Å². The molecular weight excluding hydrogens is 498 g/mol. The quantitative estimate of drug-likeness (QED) is 0.399. The summed E-state index contributed by atoms with van der Waals surface area (Å²) in [5.74, 6) is 0.427. The summed E-state index contributed by atoms with van der Waals surface area (Å²) in [4.78, 5) is 6.59. The number of alkyl halides is 2. The topological polar surface area (TPSA) is 123 Å². The first-order valence-corrected chi connectivity index (χ1v) is 13.6. The van der Waals surface area contributed by atoms with Crippen LogP contribution in [0.2, 0.25) is 0 Å². The Morgan fingerprint density at radius 1 is 1.29 bits per heavy atom. The number of sulfonamides is 1. The highest BCUT2D eigenvalue weighted by atomic mass is 32.2. The van der Waals surface area contributed by atoms with Crippen molar-refractivity contribution >= 4 is 43.9 Å². The van der Waals surface area contributed by atoms with Crippen molar-refractivity contribution in [2.75, 3.05) is 18.0 Å². The van der Waals surface area contributed by atoms with Gasteiger partial charge in [0.05, 0.1) is 21.6 Å². The summed E-state index contributed by atoms with van der Waals surface area (Å²) in [5.41, 5.74) is 7.69. The predicted molar refractivity (Wildman–Crippen MR) is 128 cm³/mol. The molecule has 10 nitrogen and oxygen atoms in total. The Hall–Kier alpha value is -2.68. The van der Waals surface area contributed by atoms with Gasteiger partial charge in [-0.2, -0.15) is 0 Å². The number of aromatic nitrogens is 5. The Bertz CT molecular complexity index is 1540. The lowest BCUT2D eigenvalue weighted by atomic mass is 10.1. The molecule has 6 rings (SSSR count). The van der Waals surface area contributed by atoms with Crippen molar-refractivity contribution in [3.05, 3.63) is 29.5 Å². The monoisotopic (exact) mass is 522 g/mol. The van der Waals surface area contributed by atoms with Gasteiger partial charge in [-0.25, -0.2) is 26.9 Å². The van der Waals surface area contributed by atoms with Crippen LogP contribution in [0.1, 0.15) is 44.0 Å². The average molecular weight is 523 g/mol. The molecule has 0 unspecified atom stereocenters. The summed E-state index contributed by atoms with van der Waals surface area (Å²) >= 11 is 0.746. The third kappa shape index (κ3) is 3.88. The van der Waals surface area contributed by atoms with Gasteiger partial charge in [0.15, 0.2) is 5.01 Å². The van der Waals surface area contributed by atoms with Gasteiger partial charge in [0, 0.05) is 37.1 Å². The van der Waals surface area contributed by atoms with E-state index in [4.69, 9.17) is 5.73 Å². The number of hydrogen-bond acceptors (Lipinski definition) is 8. The van der Waals surface area contributed by atoms with Crippen LogP contribution in [0.3, 0.4) is 0 Å². The number of halogens is 2. The van der Waals surface area contributed by atoms with Crippen LogP contribution in [0.4, 0.5) is 14.5 Å². The largest absolute Gasteiger partial charge is 0.368 e. The fraction of sp³-hybridized carbons (Fsp3) is 0.476. The van der Waals surface area contributed by atoms with Crippen LogP contribution in [0, 0.1) is 0 Å². The molecule has 4 heterocycles. The SMILES string of the molecule is CC1(NS(=O)(=O)c2cc(N3CCC[C@@H](N)C3)c3c(c2)n(-c2nnc(C(F)F)s2)c2nccn32)CC1. The fourth-order valence-electron chi connectivity index (χ4n) is 4.63. The van der Waals surface area contributed by atoms with Gasteiger partial charge in [0.25, 0.3) is 6.43 Å². The second-order valence-electron chi connectivity index (χ2n) is 9.48. The van der Waals surface area contributed by atoms with E-state index in [1.54, 1.807) is 29.1 Å². The van der Waals surface area contributed by atoms with Gasteiger partial charge in [-0.15, -0.1) is 10.2 Å². The highest BCUT2D eigenvalue weighted by molar-refractivity contribution is 7.89. The molecule has 0 spiro atoms. The standard InChI is InChI=1S/C21H24F2N8O2S2/c1-21(4-5-21)28-35(32,33)13-9-14(29-7-2-3-12(24)11-29)16-15(10-13)31(19-25-6-8-30(16)19)20-27-26-18(34-20)17(22)23/h6,8-10,12,17,28H,2-5,7,11,24H2,1H3/t12-/m1/s1. The Kier molecular flexibility index (Phi) is 5.15. The molecule has 0 amide bonds. The Labute approximate surface area is 203 Å². The number of nitrogens with two attached hydrogens (primary N) is 1. The molecule has 2 fully saturated rings. The third-order valence-corrected chi connectivity index (χ3v) is 9.18. The van der Waals surface area contributed by atoms with Crippen molar-refractivity contribution in [3.8, 4) is 5.13 Å². The molecule has 1 aliphatic carbocycles. The number of imidazole rings is 2. The number of nitrogens with zero attached hydrogens (tertiary/aromatic N) is 6. The minimum absolute atomic E-state index is 0.0420. The molecule has 0 bridgehead atoms. The molecule has 0 radical (unpaired) electrons. The lowest BCUT2D eigenvalue weighted by Gasteiger charge is -2.33. The molecule has 1 saturated heterocycles. The Morgan fingerprint density at radius 3 is 2.77 bits per heavy atom. The number of hydrogen-bond donors (Lipinski definition) is 2. The minimum Gasteiger partial charge on any atom is -0.368 e. The van der Waals surface area contributed by atoms with Crippen molar-refractivity contribution in [2.24, 2.45) is 5.73 Å². The van der Waals surface area contributed by atoms with E-state index in [-0.39, 0.29) is 16.1 Å². The lowest BCUT2D eigenvalue weighted by Crippen LogP contribution is -2.43. The molecule has 3 N–H and O–H groups in total.